The van der Waals surface area contributed by atoms with Crippen molar-refractivity contribution in [2.45, 2.75) is 26.4 Å². The second kappa shape index (κ2) is 3.94. The third-order valence-corrected chi connectivity index (χ3v) is 0.804. The van der Waals surface area contributed by atoms with E-state index in [-0.39, 0.29) is 6.54 Å². The number of amides is 1. The highest BCUT2D eigenvalue weighted by atomic mass is 16.6. The van der Waals surface area contributed by atoms with Gasteiger partial charge in [0.05, 0.1) is 0 Å². The minimum Gasteiger partial charge on any atom is -0.465 e. The fourth-order valence-electron chi connectivity index (χ4n) is 0.525. The summed E-state index contributed by atoms with van der Waals surface area (Å²) in [4.78, 5) is 20.8. The van der Waals surface area contributed by atoms with Crippen molar-refractivity contribution in [1.29, 1.82) is 0 Å². The molecular formula is C7H13NO4. The molecule has 0 fully saturated rings. The van der Waals surface area contributed by atoms with Gasteiger partial charge in [-0.25, -0.2) is 4.79 Å². The Hall–Kier alpha value is -1.26. The topological polar surface area (TPSA) is 75.6 Å². The molecule has 0 heterocycles. The van der Waals surface area contributed by atoms with Crippen LogP contribution in [0.2, 0.25) is 0 Å². The lowest BCUT2D eigenvalue weighted by molar-refractivity contribution is -0.153. The first-order chi connectivity index (χ1) is 5.31. The molecule has 1 amide bonds. The fraction of sp³-hybridized carbons (Fsp3) is 0.714. The molecule has 0 aromatic heterocycles. The quantitative estimate of drug-likeness (QED) is 0.602. The number of carbonyl (C=O) groups is 2. The minimum absolute atomic E-state index is 0.313. The van der Waals surface area contributed by atoms with Crippen LogP contribution in [0.25, 0.3) is 0 Å². The predicted octanol–water partition coefficient (Wildman–Crippen LogP) is 0.596. The molecule has 0 aromatic carbocycles. The summed E-state index contributed by atoms with van der Waals surface area (Å²) in [5, 5.41) is 10.1. The summed E-state index contributed by atoms with van der Waals surface area (Å²) in [6.45, 7) is 4.83. The average molecular weight is 175 g/mol. The number of carbonyl (C=O) groups excluding carboxylic acids is 1. The number of nitrogens with one attached hydrogen (secondary N) is 1. The van der Waals surface area contributed by atoms with Gasteiger partial charge in [0.25, 0.3) is 0 Å². The Balaban J connectivity index is 3.68. The smallest absolute Gasteiger partial charge is 0.405 e. The zero-order valence-corrected chi connectivity index (χ0v) is 7.38. The maximum absolute atomic E-state index is 10.8. The lowest BCUT2D eigenvalue weighted by Gasteiger charge is -2.19. The van der Waals surface area contributed by atoms with Gasteiger partial charge in [0, 0.05) is 0 Å². The Morgan fingerprint density at radius 1 is 1.42 bits per heavy atom. The Morgan fingerprint density at radius 2 is 1.92 bits per heavy atom. The number of hydrogen-bond acceptors (Lipinski definition) is 3. The van der Waals surface area contributed by atoms with Crippen LogP contribution in [-0.2, 0) is 9.53 Å². The SMILES string of the molecule is CC(C)(C)OC(=O)CNC(=O)O. The molecule has 0 aliphatic heterocycles. The largest absolute Gasteiger partial charge is 0.465 e. The Kier molecular flexibility index (Phi) is 3.53. The Morgan fingerprint density at radius 3 is 2.25 bits per heavy atom. The second-order valence-electron chi connectivity index (χ2n) is 3.25. The van der Waals surface area contributed by atoms with E-state index in [0.717, 1.165) is 0 Å². The highest BCUT2D eigenvalue weighted by molar-refractivity contribution is 5.77. The van der Waals surface area contributed by atoms with Crippen molar-refractivity contribution in [3.05, 3.63) is 0 Å². The summed E-state index contributed by atoms with van der Waals surface area (Å²) in [7, 11) is 0. The number of rotatable bonds is 2. The maximum atomic E-state index is 10.8. The molecule has 0 aliphatic carbocycles. The third-order valence-electron chi connectivity index (χ3n) is 0.804. The molecule has 0 bridgehead atoms. The zero-order valence-electron chi connectivity index (χ0n) is 7.38. The molecule has 0 aromatic rings. The van der Waals surface area contributed by atoms with Crippen molar-refractivity contribution in [1.82, 2.24) is 5.32 Å². The van der Waals surface area contributed by atoms with Gasteiger partial charge in [-0.15, -0.1) is 0 Å². The van der Waals surface area contributed by atoms with Crippen LogP contribution >= 0.6 is 0 Å². The van der Waals surface area contributed by atoms with Gasteiger partial charge in [0.2, 0.25) is 0 Å². The van der Waals surface area contributed by atoms with Gasteiger partial charge >= 0.3 is 12.1 Å². The van der Waals surface area contributed by atoms with E-state index < -0.39 is 17.7 Å². The second-order valence-corrected chi connectivity index (χ2v) is 3.25. The van der Waals surface area contributed by atoms with E-state index in [1.54, 1.807) is 20.8 Å². The van der Waals surface area contributed by atoms with Crippen molar-refractivity contribution in [3.8, 4) is 0 Å². The molecule has 5 nitrogen and oxygen atoms in total. The molecule has 0 spiro atoms. The van der Waals surface area contributed by atoms with Crippen LogP contribution in [0.5, 0.6) is 0 Å². The lowest BCUT2D eigenvalue weighted by Crippen LogP contribution is -2.33. The highest BCUT2D eigenvalue weighted by Crippen LogP contribution is 2.05. The normalized spacial score (nSPS) is 10.6. The summed E-state index contributed by atoms with van der Waals surface area (Å²) < 4.78 is 4.82. The van der Waals surface area contributed by atoms with E-state index in [2.05, 4.69) is 0 Å². The standard InChI is InChI=1S/C7H13NO4/c1-7(2,3)12-5(9)4-8-6(10)11/h8H,4H2,1-3H3,(H,10,11). The van der Waals surface area contributed by atoms with Crippen molar-refractivity contribution >= 4 is 12.1 Å². The number of hydrogen-bond donors (Lipinski definition) is 2. The van der Waals surface area contributed by atoms with Crippen LogP contribution < -0.4 is 5.32 Å². The van der Waals surface area contributed by atoms with Gasteiger partial charge in [-0.05, 0) is 20.8 Å². The molecule has 0 atom stereocenters. The first-order valence-electron chi connectivity index (χ1n) is 3.50. The molecule has 0 saturated carbocycles. The molecular weight excluding hydrogens is 162 g/mol. The van der Waals surface area contributed by atoms with Gasteiger partial charge in [-0.3, -0.25) is 4.79 Å². The van der Waals surface area contributed by atoms with Crippen LogP contribution in [0.4, 0.5) is 4.79 Å². The van der Waals surface area contributed by atoms with E-state index in [1.165, 1.54) is 0 Å². The average Bonchev–Trinajstić information content (AvgIpc) is 1.79. The number of ether oxygens (including phenoxy) is 1. The molecule has 0 radical (unpaired) electrons. The van der Waals surface area contributed by atoms with Crippen LogP contribution in [0.1, 0.15) is 20.8 Å². The van der Waals surface area contributed by atoms with Gasteiger partial charge in [0.1, 0.15) is 12.1 Å². The van der Waals surface area contributed by atoms with Gasteiger partial charge in [-0.1, -0.05) is 0 Å². The third kappa shape index (κ3) is 6.85. The van der Waals surface area contributed by atoms with Crippen LogP contribution in [0.15, 0.2) is 0 Å². The molecule has 0 saturated heterocycles. The Bertz CT molecular complexity index is 182. The predicted molar refractivity (Wildman–Crippen MR) is 41.9 cm³/mol. The monoisotopic (exact) mass is 175 g/mol. The van der Waals surface area contributed by atoms with Crippen molar-refractivity contribution < 1.29 is 19.4 Å². The molecule has 12 heavy (non-hydrogen) atoms. The van der Waals surface area contributed by atoms with Crippen molar-refractivity contribution in [3.63, 3.8) is 0 Å². The summed E-state index contributed by atoms with van der Waals surface area (Å²) in [5.74, 6) is -0.579. The first-order valence-corrected chi connectivity index (χ1v) is 3.50. The van der Waals surface area contributed by atoms with Crippen molar-refractivity contribution in [2.24, 2.45) is 0 Å². The van der Waals surface area contributed by atoms with E-state index in [1.807, 2.05) is 5.32 Å². The minimum atomic E-state index is -1.24. The van der Waals surface area contributed by atoms with Crippen LogP contribution in [-0.4, -0.2) is 29.3 Å². The summed E-state index contributed by atoms with van der Waals surface area (Å²) in [6, 6.07) is 0. The Labute approximate surface area is 70.7 Å². The first kappa shape index (κ1) is 10.7. The summed E-state index contributed by atoms with van der Waals surface area (Å²) >= 11 is 0. The van der Waals surface area contributed by atoms with Gasteiger partial charge < -0.3 is 15.2 Å². The molecule has 70 valence electrons. The lowest BCUT2D eigenvalue weighted by atomic mass is 10.2. The van der Waals surface area contributed by atoms with Crippen LogP contribution in [0.3, 0.4) is 0 Å². The highest BCUT2D eigenvalue weighted by Gasteiger charge is 2.16. The van der Waals surface area contributed by atoms with E-state index in [9.17, 15) is 9.59 Å². The van der Waals surface area contributed by atoms with Gasteiger partial charge in [-0.2, -0.15) is 0 Å². The van der Waals surface area contributed by atoms with E-state index >= 15 is 0 Å². The maximum Gasteiger partial charge on any atom is 0.405 e. The molecule has 2 N–H and O–H groups in total. The van der Waals surface area contributed by atoms with E-state index in [0.29, 0.717) is 0 Å². The number of carboxylic acid groups (broad SMARTS) is 1. The summed E-state index contributed by atoms with van der Waals surface area (Å²) in [5.41, 5.74) is -0.572. The van der Waals surface area contributed by atoms with E-state index in [4.69, 9.17) is 9.84 Å². The molecule has 5 heteroatoms. The zero-order chi connectivity index (χ0) is 9.78. The van der Waals surface area contributed by atoms with Gasteiger partial charge in [0.15, 0.2) is 0 Å². The molecule has 0 rings (SSSR count). The van der Waals surface area contributed by atoms with Crippen molar-refractivity contribution in [2.75, 3.05) is 6.54 Å². The number of esters is 1. The molecule has 0 aliphatic rings. The summed E-state index contributed by atoms with van der Waals surface area (Å²) in [6.07, 6.45) is -1.24. The fourth-order valence-corrected chi connectivity index (χ4v) is 0.525. The van der Waals surface area contributed by atoms with Crippen LogP contribution in [0, 0.1) is 0 Å². The molecule has 0 unspecified atom stereocenters.